The number of carbonyl (C=O) groups is 1. The van der Waals surface area contributed by atoms with Crippen molar-refractivity contribution in [3.05, 3.63) is 58.1 Å². The molecule has 0 saturated heterocycles. The molecule has 1 fully saturated rings. The fraction of sp³-hybridized carbons (Fsp3) is 0.480. The third-order valence-electron chi connectivity index (χ3n) is 5.92. The zero-order valence-corrected chi connectivity index (χ0v) is 20.9. The minimum atomic E-state index is -3.53. The van der Waals surface area contributed by atoms with Crippen molar-refractivity contribution in [1.82, 2.24) is 0 Å². The van der Waals surface area contributed by atoms with Crippen molar-refractivity contribution >= 4 is 15.8 Å². The topological polar surface area (TPSA) is 102 Å². The highest BCUT2D eigenvalue weighted by molar-refractivity contribution is 7.91. The number of nitrogens with two attached hydrogens (primary N) is 1. The highest BCUT2D eigenvalue weighted by Gasteiger charge is 2.30. The van der Waals surface area contributed by atoms with E-state index in [0.29, 0.717) is 16.7 Å². The average Bonchev–Trinajstić information content (AvgIpc) is 3.51. The number of carbonyl (C=O) groups excluding carboxylic acids is 1. The first-order valence-corrected chi connectivity index (χ1v) is 12.8. The van der Waals surface area contributed by atoms with E-state index in [2.05, 4.69) is 9.10 Å². The summed E-state index contributed by atoms with van der Waals surface area (Å²) in [5.41, 5.74) is 2.31. The minimum Gasteiger partial charge on any atom is -0.435 e. The lowest BCUT2D eigenvalue weighted by molar-refractivity contribution is -0.117. The van der Waals surface area contributed by atoms with Crippen LogP contribution in [-0.4, -0.2) is 21.8 Å². The maximum absolute atomic E-state index is 13.2. The number of ether oxygens (including phenoxy) is 1. The molecule has 3 rings (SSSR count). The van der Waals surface area contributed by atoms with E-state index in [1.54, 1.807) is 39.0 Å². The molecule has 6 nitrogen and oxygen atoms in total. The molecule has 186 valence electrons. The number of halogens is 2. The lowest BCUT2D eigenvalue weighted by atomic mass is 9.89. The predicted octanol–water partition coefficient (Wildman–Crippen LogP) is 5.29. The summed E-state index contributed by atoms with van der Waals surface area (Å²) in [6.45, 7) is 5.84. The SMILES string of the molecule is Cc1cc(C(C)(C)O)ccc1S(N)(=O)=NC(=O)Cc1c(C(C)C)cc(OC(F)F)cc1C1CC1. The van der Waals surface area contributed by atoms with Crippen molar-refractivity contribution in [3.63, 3.8) is 0 Å². The van der Waals surface area contributed by atoms with Crippen molar-refractivity contribution in [3.8, 4) is 5.75 Å². The van der Waals surface area contributed by atoms with Crippen LogP contribution >= 0.6 is 0 Å². The molecule has 0 bridgehead atoms. The van der Waals surface area contributed by atoms with Crippen LogP contribution in [0.25, 0.3) is 0 Å². The summed E-state index contributed by atoms with van der Waals surface area (Å²) in [4.78, 5) is 13.2. The Balaban J connectivity index is 1.98. The first-order valence-electron chi connectivity index (χ1n) is 11.2. The van der Waals surface area contributed by atoms with E-state index < -0.39 is 28.0 Å². The molecule has 1 aliphatic carbocycles. The Bertz CT molecular complexity index is 1180. The molecule has 1 unspecified atom stereocenters. The molecule has 1 amide bonds. The van der Waals surface area contributed by atoms with Crippen LogP contribution in [0.1, 0.15) is 80.2 Å². The van der Waals surface area contributed by atoms with Crippen LogP contribution in [0.2, 0.25) is 0 Å². The van der Waals surface area contributed by atoms with E-state index >= 15 is 0 Å². The van der Waals surface area contributed by atoms with Crippen LogP contribution in [-0.2, 0) is 26.7 Å². The van der Waals surface area contributed by atoms with Gasteiger partial charge in [-0.25, -0.2) is 9.35 Å². The minimum absolute atomic E-state index is 0.0552. The summed E-state index contributed by atoms with van der Waals surface area (Å²) in [6.07, 6.45) is 1.66. The van der Waals surface area contributed by atoms with Gasteiger partial charge in [0.1, 0.15) is 15.7 Å². The molecule has 0 aliphatic heterocycles. The molecule has 9 heteroatoms. The molecule has 1 aliphatic rings. The first kappa shape index (κ1) is 26.2. The van der Waals surface area contributed by atoms with Crippen molar-refractivity contribution in [2.75, 3.05) is 0 Å². The number of hydrogen-bond acceptors (Lipinski definition) is 4. The molecule has 2 aromatic carbocycles. The Labute approximate surface area is 199 Å². The van der Waals surface area contributed by atoms with Gasteiger partial charge in [0.15, 0.2) is 0 Å². The number of hydrogen-bond donors (Lipinski definition) is 2. The molecule has 3 N–H and O–H groups in total. The van der Waals surface area contributed by atoms with E-state index in [1.807, 2.05) is 13.8 Å². The fourth-order valence-electron chi connectivity index (χ4n) is 4.08. The normalized spacial score (nSPS) is 16.0. The van der Waals surface area contributed by atoms with E-state index in [4.69, 9.17) is 5.14 Å². The van der Waals surface area contributed by atoms with Gasteiger partial charge in [-0.15, -0.1) is 4.36 Å². The molecule has 34 heavy (non-hydrogen) atoms. The molecule has 0 spiro atoms. The number of aliphatic hydroxyl groups is 1. The number of nitrogens with zero attached hydrogens (tertiary/aromatic N) is 1. The number of aryl methyl sites for hydroxylation is 1. The maximum atomic E-state index is 13.2. The maximum Gasteiger partial charge on any atom is 0.387 e. The molecule has 0 heterocycles. The van der Waals surface area contributed by atoms with Gasteiger partial charge < -0.3 is 9.84 Å². The molecular formula is C25H32F2N2O4S. The van der Waals surface area contributed by atoms with Crippen LogP contribution in [0.4, 0.5) is 8.78 Å². The molecule has 0 aromatic heterocycles. The Morgan fingerprint density at radius 3 is 2.41 bits per heavy atom. The van der Waals surface area contributed by atoms with E-state index in [-0.39, 0.29) is 28.9 Å². The van der Waals surface area contributed by atoms with Crippen molar-refractivity contribution in [2.45, 2.75) is 82.8 Å². The second kappa shape index (κ2) is 9.71. The number of amides is 1. The molecule has 2 aromatic rings. The van der Waals surface area contributed by atoms with Gasteiger partial charge in [-0.1, -0.05) is 26.0 Å². The van der Waals surface area contributed by atoms with Gasteiger partial charge in [-0.3, -0.25) is 4.79 Å². The molecule has 1 atom stereocenters. The second-order valence-corrected chi connectivity index (χ2v) is 11.4. The van der Waals surface area contributed by atoms with Crippen LogP contribution < -0.4 is 9.88 Å². The zero-order chi connectivity index (χ0) is 25.4. The zero-order valence-electron chi connectivity index (χ0n) is 20.1. The Hall–Kier alpha value is -2.36. The highest BCUT2D eigenvalue weighted by atomic mass is 32.2. The molecular weight excluding hydrogens is 462 g/mol. The number of rotatable bonds is 8. The number of alkyl halides is 2. The van der Waals surface area contributed by atoms with Crippen molar-refractivity contribution < 1.29 is 27.6 Å². The van der Waals surface area contributed by atoms with E-state index in [1.165, 1.54) is 12.1 Å². The summed E-state index contributed by atoms with van der Waals surface area (Å²) >= 11 is 0. The third-order valence-corrected chi connectivity index (χ3v) is 7.48. The Kier molecular flexibility index (Phi) is 7.50. The standard InChI is InChI=1S/C25H32F2N2O4S/c1-14(2)19-11-18(33-24(26)27)12-20(16-6-7-16)21(19)13-23(30)29-34(28,32)22-9-8-17(10-15(22)3)25(4,5)31/h8-12,14,16,24,31H,6-7,13H2,1-5H3,(H2,28,29,30,32). The Morgan fingerprint density at radius 1 is 1.26 bits per heavy atom. The first-order chi connectivity index (χ1) is 15.7. The highest BCUT2D eigenvalue weighted by Crippen LogP contribution is 2.45. The van der Waals surface area contributed by atoms with Crippen LogP contribution in [0.3, 0.4) is 0 Å². The summed E-state index contributed by atoms with van der Waals surface area (Å²) in [6, 6.07) is 7.90. The monoisotopic (exact) mass is 494 g/mol. The molecule has 0 radical (unpaired) electrons. The largest absolute Gasteiger partial charge is 0.435 e. The van der Waals surface area contributed by atoms with Gasteiger partial charge in [-0.05, 0) is 91.5 Å². The van der Waals surface area contributed by atoms with Gasteiger partial charge in [0.2, 0.25) is 0 Å². The third kappa shape index (κ3) is 6.20. The second-order valence-electron chi connectivity index (χ2n) is 9.66. The van der Waals surface area contributed by atoms with Crippen molar-refractivity contribution in [2.24, 2.45) is 9.50 Å². The van der Waals surface area contributed by atoms with Gasteiger partial charge in [0.25, 0.3) is 5.91 Å². The van der Waals surface area contributed by atoms with Crippen LogP contribution in [0.15, 0.2) is 39.6 Å². The average molecular weight is 495 g/mol. The van der Waals surface area contributed by atoms with Gasteiger partial charge >= 0.3 is 6.61 Å². The summed E-state index contributed by atoms with van der Waals surface area (Å²) in [5.74, 6) is -0.468. The molecule has 1 saturated carbocycles. The summed E-state index contributed by atoms with van der Waals surface area (Å²) < 4.78 is 47.4. The van der Waals surface area contributed by atoms with E-state index in [0.717, 1.165) is 24.0 Å². The van der Waals surface area contributed by atoms with E-state index in [9.17, 15) is 22.9 Å². The van der Waals surface area contributed by atoms with Crippen LogP contribution in [0.5, 0.6) is 5.75 Å². The Morgan fingerprint density at radius 2 is 1.91 bits per heavy atom. The van der Waals surface area contributed by atoms with Crippen LogP contribution in [0, 0.1) is 6.92 Å². The smallest absolute Gasteiger partial charge is 0.387 e. The lowest BCUT2D eigenvalue weighted by Crippen LogP contribution is -2.20. The quantitative estimate of drug-likeness (QED) is 0.520. The van der Waals surface area contributed by atoms with Gasteiger partial charge in [0.05, 0.1) is 16.9 Å². The van der Waals surface area contributed by atoms with Crippen molar-refractivity contribution in [1.29, 1.82) is 0 Å². The fourth-order valence-corrected chi connectivity index (χ4v) is 5.33. The lowest BCUT2D eigenvalue weighted by Gasteiger charge is -2.20. The van der Waals surface area contributed by atoms with Gasteiger partial charge in [0, 0.05) is 0 Å². The predicted molar refractivity (Wildman–Crippen MR) is 127 cm³/mol. The number of benzene rings is 2. The summed E-state index contributed by atoms with van der Waals surface area (Å²) in [7, 11) is -3.53. The van der Waals surface area contributed by atoms with Gasteiger partial charge in [-0.2, -0.15) is 8.78 Å². The summed E-state index contributed by atoms with van der Waals surface area (Å²) in [5, 5.41) is 16.2.